The van der Waals surface area contributed by atoms with Crippen molar-refractivity contribution in [3.63, 3.8) is 0 Å². The summed E-state index contributed by atoms with van der Waals surface area (Å²) in [6.07, 6.45) is -0.641. The molecular weight excluding hydrogens is 464 g/mol. The van der Waals surface area contributed by atoms with E-state index in [4.69, 9.17) is 29.9 Å². The zero-order chi connectivity index (χ0) is 26.4. The van der Waals surface area contributed by atoms with Crippen LogP contribution in [0, 0.1) is 0 Å². The highest BCUT2D eigenvalue weighted by molar-refractivity contribution is 5.89. The van der Waals surface area contributed by atoms with Gasteiger partial charge in [-0.15, -0.1) is 0 Å². The van der Waals surface area contributed by atoms with E-state index in [9.17, 15) is 39.0 Å². The summed E-state index contributed by atoms with van der Waals surface area (Å²) in [6, 6.07) is 0. The van der Waals surface area contributed by atoms with Crippen molar-refractivity contribution in [3.05, 3.63) is 0 Å². The molecule has 0 spiro atoms. The number of unbranched alkanes of at least 4 members (excludes halogenated alkanes) is 5. The normalized spacial score (nSPS) is 14.3. The van der Waals surface area contributed by atoms with Crippen LogP contribution in [0.25, 0.3) is 0 Å². The SMILES string of the molecule is O=C(O)CC(O)(CC(=O)OCCCCCCCCOC(=O)CC(O)(CC(=O)O)C(=O)O)C(=O)O. The molecule has 0 radical (unpaired) electrons. The monoisotopic (exact) mass is 494 g/mol. The Kier molecular flexibility index (Phi) is 13.4. The molecule has 0 aromatic rings. The maximum atomic E-state index is 11.6. The van der Waals surface area contributed by atoms with Crippen LogP contribution in [0.15, 0.2) is 0 Å². The molecule has 0 aromatic heterocycles. The van der Waals surface area contributed by atoms with E-state index in [0.717, 1.165) is 12.8 Å². The standard InChI is InChI=1S/C20H30O14/c21-13(22)9-19(31,17(27)28)11-15(25)33-7-5-3-1-2-4-6-8-34-16(26)12-20(32,18(29)30)10-14(23)24/h31-32H,1-12H2,(H,21,22)(H,23,24)(H,27,28)(H,29,30). The molecule has 0 aromatic carbocycles. The molecule has 0 rings (SSSR count). The molecule has 0 aliphatic rings. The van der Waals surface area contributed by atoms with Crippen LogP contribution in [0.5, 0.6) is 0 Å². The van der Waals surface area contributed by atoms with Crippen molar-refractivity contribution in [2.75, 3.05) is 13.2 Å². The maximum Gasteiger partial charge on any atom is 0.336 e. The minimum atomic E-state index is -2.74. The second kappa shape index (κ2) is 14.8. The van der Waals surface area contributed by atoms with Crippen molar-refractivity contribution < 1.29 is 68.9 Å². The molecule has 0 aliphatic heterocycles. The van der Waals surface area contributed by atoms with Crippen LogP contribution < -0.4 is 0 Å². The third-order valence-electron chi connectivity index (χ3n) is 4.62. The van der Waals surface area contributed by atoms with Gasteiger partial charge in [0, 0.05) is 0 Å². The number of hydrogen-bond acceptors (Lipinski definition) is 10. The summed E-state index contributed by atoms with van der Waals surface area (Å²) in [5.41, 5.74) is -5.48. The molecule has 0 saturated heterocycles. The largest absolute Gasteiger partial charge is 0.481 e. The van der Waals surface area contributed by atoms with Crippen molar-refractivity contribution in [2.24, 2.45) is 0 Å². The third kappa shape index (κ3) is 12.7. The van der Waals surface area contributed by atoms with Gasteiger partial charge in [0.1, 0.15) is 0 Å². The van der Waals surface area contributed by atoms with E-state index in [1.807, 2.05) is 0 Å². The highest BCUT2D eigenvalue weighted by Crippen LogP contribution is 2.18. The van der Waals surface area contributed by atoms with Gasteiger partial charge in [-0.3, -0.25) is 19.2 Å². The Morgan fingerprint density at radius 2 is 0.794 bits per heavy atom. The lowest BCUT2D eigenvalue weighted by atomic mass is 9.96. The van der Waals surface area contributed by atoms with Crippen LogP contribution in [0.4, 0.5) is 0 Å². The number of esters is 2. The Hall–Kier alpha value is -3.26. The van der Waals surface area contributed by atoms with Gasteiger partial charge >= 0.3 is 35.8 Å². The van der Waals surface area contributed by atoms with Gasteiger partial charge in [-0.1, -0.05) is 25.7 Å². The van der Waals surface area contributed by atoms with Crippen molar-refractivity contribution in [1.82, 2.24) is 0 Å². The minimum absolute atomic E-state index is 0.0396. The first-order valence-corrected chi connectivity index (χ1v) is 10.4. The number of rotatable bonds is 19. The van der Waals surface area contributed by atoms with Gasteiger partial charge in [0.25, 0.3) is 0 Å². The number of carboxylic acids is 4. The van der Waals surface area contributed by atoms with Gasteiger partial charge < -0.3 is 40.1 Å². The van der Waals surface area contributed by atoms with E-state index in [1.54, 1.807) is 0 Å². The average molecular weight is 494 g/mol. The molecule has 0 fully saturated rings. The number of aliphatic hydroxyl groups is 2. The molecule has 0 aliphatic carbocycles. The first kappa shape index (κ1) is 30.7. The predicted molar refractivity (Wildman–Crippen MR) is 109 cm³/mol. The van der Waals surface area contributed by atoms with Crippen molar-refractivity contribution in [1.29, 1.82) is 0 Å². The highest BCUT2D eigenvalue weighted by Gasteiger charge is 2.42. The zero-order valence-corrected chi connectivity index (χ0v) is 18.4. The Morgan fingerprint density at radius 3 is 1.06 bits per heavy atom. The van der Waals surface area contributed by atoms with Gasteiger partial charge in [-0.2, -0.15) is 0 Å². The molecule has 2 unspecified atom stereocenters. The Labute approximate surface area is 194 Å². The number of carboxylic acid groups (broad SMARTS) is 4. The number of hydrogen-bond donors (Lipinski definition) is 6. The third-order valence-corrected chi connectivity index (χ3v) is 4.62. The summed E-state index contributed by atoms with van der Waals surface area (Å²) < 4.78 is 9.62. The average Bonchev–Trinajstić information content (AvgIpc) is 2.67. The Bertz CT molecular complexity index is 686. The molecule has 0 bridgehead atoms. The molecule has 6 N–H and O–H groups in total. The number of ether oxygens (including phenoxy) is 2. The first-order valence-electron chi connectivity index (χ1n) is 10.4. The fraction of sp³-hybridized carbons (Fsp3) is 0.700. The van der Waals surface area contributed by atoms with Gasteiger partial charge in [0.15, 0.2) is 11.2 Å². The van der Waals surface area contributed by atoms with Crippen LogP contribution in [-0.4, -0.2) is 90.9 Å². The second-order valence-electron chi connectivity index (χ2n) is 7.73. The highest BCUT2D eigenvalue weighted by atomic mass is 16.5. The molecule has 14 nitrogen and oxygen atoms in total. The van der Waals surface area contributed by atoms with Crippen molar-refractivity contribution in [3.8, 4) is 0 Å². The lowest BCUT2D eigenvalue weighted by Crippen LogP contribution is -2.43. The van der Waals surface area contributed by atoms with Crippen LogP contribution in [0.1, 0.15) is 64.2 Å². The van der Waals surface area contributed by atoms with Gasteiger partial charge in [-0.05, 0) is 12.8 Å². The van der Waals surface area contributed by atoms with Gasteiger partial charge in [0.05, 0.1) is 38.9 Å². The number of aliphatic carboxylic acids is 4. The fourth-order valence-corrected chi connectivity index (χ4v) is 2.79. The predicted octanol–water partition coefficient (Wildman–Crippen LogP) is -0.226. The fourth-order valence-electron chi connectivity index (χ4n) is 2.79. The molecule has 194 valence electrons. The Balaban J connectivity index is 3.95. The summed E-state index contributed by atoms with van der Waals surface area (Å²) in [5.74, 6) is -8.90. The lowest BCUT2D eigenvalue weighted by Gasteiger charge is -2.20. The smallest absolute Gasteiger partial charge is 0.336 e. The van der Waals surface area contributed by atoms with Crippen molar-refractivity contribution >= 4 is 35.8 Å². The van der Waals surface area contributed by atoms with Crippen LogP contribution in [0.2, 0.25) is 0 Å². The van der Waals surface area contributed by atoms with Crippen LogP contribution in [-0.2, 0) is 38.2 Å². The summed E-state index contributed by atoms with van der Waals surface area (Å²) in [7, 11) is 0. The summed E-state index contributed by atoms with van der Waals surface area (Å²) in [6.45, 7) is -0.0793. The number of carbonyl (C=O) groups excluding carboxylic acids is 2. The molecule has 0 amide bonds. The van der Waals surface area contributed by atoms with E-state index in [0.29, 0.717) is 25.7 Å². The lowest BCUT2D eigenvalue weighted by molar-refractivity contribution is -0.172. The minimum Gasteiger partial charge on any atom is -0.481 e. The maximum absolute atomic E-state index is 11.6. The molecule has 0 saturated carbocycles. The second-order valence-corrected chi connectivity index (χ2v) is 7.73. The zero-order valence-electron chi connectivity index (χ0n) is 18.4. The molecule has 2 atom stereocenters. The summed E-state index contributed by atoms with van der Waals surface area (Å²) >= 11 is 0. The van der Waals surface area contributed by atoms with Crippen LogP contribution >= 0.6 is 0 Å². The topological polar surface area (TPSA) is 242 Å². The van der Waals surface area contributed by atoms with Crippen molar-refractivity contribution in [2.45, 2.75) is 75.4 Å². The van der Waals surface area contributed by atoms with Gasteiger partial charge in [0.2, 0.25) is 0 Å². The van der Waals surface area contributed by atoms with E-state index < -0.39 is 72.7 Å². The molecular formula is C20H30O14. The van der Waals surface area contributed by atoms with E-state index in [1.165, 1.54) is 0 Å². The Morgan fingerprint density at radius 1 is 0.500 bits per heavy atom. The molecule has 0 heterocycles. The quantitative estimate of drug-likeness (QED) is 0.100. The summed E-state index contributed by atoms with van der Waals surface area (Å²) in [5, 5.41) is 54.5. The van der Waals surface area contributed by atoms with E-state index >= 15 is 0 Å². The number of carbonyl (C=O) groups is 6. The summed E-state index contributed by atoms with van der Waals surface area (Å²) in [4.78, 5) is 66.4. The first-order chi connectivity index (χ1) is 15.7. The van der Waals surface area contributed by atoms with E-state index in [2.05, 4.69) is 0 Å². The molecule has 14 heteroatoms. The van der Waals surface area contributed by atoms with Crippen LogP contribution in [0.3, 0.4) is 0 Å². The van der Waals surface area contributed by atoms with E-state index in [-0.39, 0.29) is 13.2 Å². The molecule has 34 heavy (non-hydrogen) atoms. The van der Waals surface area contributed by atoms with Gasteiger partial charge in [-0.25, -0.2) is 9.59 Å².